The first kappa shape index (κ1) is 13.5. The first-order valence-corrected chi connectivity index (χ1v) is 6.08. The van der Waals surface area contributed by atoms with Crippen LogP contribution >= 0.6 is 0 Å². The Labute approximate surface area is 110 Å². The molecule has 2 aromatic carbocycles. The molecule has 0 saturated heterocycles. The third-order valence-corrected chi connectivity index (χ3v) is 2.85. The van der Waals surface area contributed by atoms with Gasteiger partial charge in [-0.15, -0.1) is 0 Å². The highest BCUT2D eigenvalue weighted by Crippen LogP contribution is 2.11. The van der Waals surface area contributed by atoms with Crippen LogP contribution in [0.15, 0.2) is 42.5 Å². The van der Waals surface area contributed by atoms with E-state index in [1.807, 2.05) is 12.1 Å². The minimum absolute atomic E-state index is 0.235. The molecule has 4 heteroatoms. The molecule has 0 saturated carbocycles. The second kappa shape index (κ2) is 6.29. The van der Waals surface area contributed by atoms with Gasteiger partial charge in [0, 0.05) is 12.1 Å². The van der Waals surface area contributed by atoms with E-state index in [4.69, 9.17) is 5.11 Å². The van der Waals surface area contributed by atoms with Gasteiger partial charge >= 0.3 is 0 Å². The van der Waals surface area contributed by atoms with E-state index in [0.717, 1.165) is 24.1 Å². The summed E-state index contributed by atoms with van der Waals surface area (Å²) in [6.07, 6.45) is 0.761. The van der Waals surface area contributed by atoms with Crippen molar-refractivity contribution in [2.75, 3.05) is 6.54 Å². The fourth-order valence-electron chi connectivity index (χ4n) is 1.80. The van der Waals surface area contributed by atoms with Gasteiger partial charge in [-0.05, 0) is 48.9 Å². The first-order chi connectivity index (χ1) is 9.15. The van der Waals surface area contributed by atoms with E-state index >= 15 is 0 Å². The Kier molecular flexibility index (Phi) is 4.47. The SMILES string of the molecule is Oc1ccc(CCNCc2cc(F)ccc2F)cc1. The molecule has 2 rings (SSSR count). The molecule has 19 heavy (non-hydrogen) atoms. The largest absolute Gasteiger partial charge is 0.508 e. The third kappa shape index (κ3) is 4.03. The molecule has 2 aromatic rings. The highest BCUT2D eigenvalue weighted by atomic mass is 19.1. The second-order valence-electron chi connectivity index (χ2n) is 4.33. The van der Waals surface area contributed by atoms with Crippen LogP contribution in [-0.4, -0.2) is 11.7 Å². The van der Waals surface area contributed by atoms with Crippen molar-refractivity contribution in [1.29, 1.82) is 0 Å². The Balaban J connectivity index is 1.80. The molecule has 0 aromatic heterocycles. The number of hydrogen-bond donors (Lipinski definition) is 2. The summed E-state index contributed by atoms with van der Waals surface area (Å²) < 4.78 is 26.3. The molecule has 100 valence electrons. The van der Waals surface area contributed by atoms with Gasteiger partial charge in [-0.1, -0.05) is 12.1 Å². The minimum Gasteiger partial charge on any atom is -0.508 e. The molecular formula is C15H15F2NO. The van der Waals surface area contributed by atoms with E-state index in [2.05, 4.69) is 5.32 Å². The summed E-state index contributed by atoms with van der Waals surface area (Å²) in [5.41, 5.74) is 1.40. The van der Waals surface area contributed by atoms with Crippen molar-refractivity contribution < 1.29 is 13.9 Å². The molecule has 0 atom stereocenters. The van der Waals surface area contributed by atoms with Gasteiger partial charge in [0.2, 0.25) is 0 Å². The van der Waals surface area contributed by atoms with E-state index < -0.39 is 11.6 Å². The fourth-order valence-corrected chi connectivity index (χ4v) is 1.80. The number of benzene rings is 2. The van der Waals surface area contributed by atoms with Crippen LogP contribution in [0.5, 0.6) is 5.75 Å². The van der Waals surface area contributed by atoms with Crippen molar-refractivity contribution in [2.45, 2.75) is 13.0 Å². The smallest absolute Gasteiger partial charge is 0.127 e. The summed E-state index contributed by atoms with van der Waals surface area (Å²) in [7, 11) is 0. The summed E-state index contributed by atoms with van der Waals surface area (Å²) in [6, 6.07) is 10.4. The molecule has 0 spiro atoms. The summed E-state index contributed by atoms with van der Waals surface area (Å²) in [4.78, 5) is 0. The van der Waals surface area contributed by atoms with Crippen LogP contribution in [0.2, 0.25) is 0 Å². The first-order valence-electron chi connectivity index (χ1n) is 6.08. The third-order valence-electron chi connectivity index (χ3n) is 2.85. The van der Waals surface area contributed by atoms with Gasteiger partial charge in [0.25, 0.3) is 0 Å². The fraction of sp³-hybridized carbons (Fsp3) is 0.200. The number of phenolic OH excluding ortho intramolecular Hbond substituents is 1. The maximum atomic E-state index is 13.3. The van der Waals surface area contributed by atoms with E-state index in [1.54, 1.807) is 12.1 Å². The molecule has 0 amide bonds. The van der Waals surface area contributed by atoms with Crippen molar-refractivity contribution in [1.82, 2.24) is 5.32 Å². The number of nitrogens with one attached hydrogen (secondary N) is 1. The van der Waals surface area contributed by atoms with Gasteiger partial charge in [-0.3, -0.25) is 0 Å². The van der Waals surface area contributed by atoms with Gasteiger partial charge in [0.05, 0.1) is 0 Å². The molecule has 2 N–H and O–H groups in total. The maximum absolute atomic E-state index is 13.3. The molecule has 0 heterocycles. The Morgan fingerprint density at radius 3 is 2.47 bits per heavy atom. The zero-order valence-corrected chi connectivity index (χ0v) is 10.4. The quantitative estimate of drug-likeness (QED) is 0.813. The average molecular weight is 263 g/mol. The summed E-state index contributed by atoms with van der Waals surface area (Å²) in [6.45, 7) is 0.947. The zero-order chi connectivity index (χ0) is 13.7. The van der Waals surface area contributed by atoms with E-state index in [9.17, 15) is 8.78 Å². The van der Waals surface area contributed by atoms with Crippen LogP contribution < -0.4 is 5.32 Å². The lowest BCUT2D eigenvalue weighted by molar-refractivity contribution is 0.475. The molecule has 2 nitrogen and oxygen atoms in total. The minimum atomic E-state index is -0.434. The van der Waals surface area contributed by atoms with Crippen LogP contribution in [0.4, 0.5) is 8.78 Å². The molecule has 0 aliphatic carbocycles. The Hall–Kier alpha value is -1.94. The molecular weight excluding hydrogens is 248 g/mol. The maximum Gasteiger partial charge on any atom is 0.127 e. The molecule has 0 aliphatic heterocycles. The van der Waals surface area contributed by atoms with E-state index in [0.29, 0.717) is 18.7 Å². The number of aromatic hydroxyl groups is 1. The standard InChI is InChI=1S/C15H15F2NO/c16-13-3-6-15(17)12(9-13)10-18-8-7-11-1-4-14(19)5-2-11/h1-6,9,18-19H,7-8,10H2. The summed E-state index contributed by atoms with van der Waals surface area (Å²) >= 11 is 0. The van der Waals surface area contributed by atoms with Crippen molar-refractivity contribution >= 4 is 0 Å². The van der Waals surface area contributed by atoms with Gasteiger partial charge in [-0.25, -0.2) is 8.78 Å². The second-order valence-corrected chi connectivity index (χ2v) is 4.33. The lowest BCUT2D eigenvalue weighted by Gasteiger charge is -2.06. The number of phenols is 1. The highest BCUT2D eigenvalue weighted by Gasteiger charge is 2.03. The normalized spacial score (nSPS) is 10.6. The molecule has 0 unspecified atom stereocenters. The molecule has 0 fully saturated rings. The Bertz CT molecular complexity index is 540. The topological polar surface area (TPSA) is 32.3 Å². The van der Waals surface area contributed by atoms with Gasteiger partial charge in [0.15, 0.2) is 0 Å². The average Bonchev–Trinajstić information content (AvgIpc) is 2.40. The van der Waals surface area contributed by atoms with Crippen LogP contribution in [0.3, 0.4) is 0 Å². The Morgan fingerprint density at radius 2 is 1.74 bits per heavy atom. The lowest BCUT2D eigenvalue weighted by atomic mass is 10.1. The lowest BCUT2D eigenvalue weighted by Crippen LogP contribution is -2.17. The van der Waals surface area contributed by atoms with Crippen LogP contribution in [0.1, 0.15) is 11.1 Å². The predicted molar refractivity (Wildman–Crippen MR) is 69.9 cm³/mol. The summed E-state index contributed by atoms with van der Waals surface area (Å²) in [5, 5.41) is 12.2. The van der Waals surface area contributed by atoms with Crippen molar-refractivity contribution in [3.8, 4) is 5.75 Å². The van der Waals surface area contributed by atoms with Gasteiger partial charge in [0.1, 0.15) is 17.4 Å². The Morgan fingerprint density at radius 1 is 1.00 bits per heavy atom. The number of hydrogen-bond acceptors (Lipinski definition) is 2. The number of rotatable bonds is 5. The van der Waals surface area contributed by atoms with Crippen molar-refractivity contribution in [3.05, 3.63) is 65.2 Å². The van der Waals surface area contributed by atoms with Gasteiger partial charge in [-0.2, -0.15) is 0 Å². The predicted octanol–water partition coefficient (Wildman–Crippen LogP) is 3.00. The molecule has 0 radical (unpaired) electrons. The monoisotopic (exact) mass is 263 g/mol. The van der Waals surface area contributed by atoms with Crippen LogP contribution in [0, 0.1) is 11.6 Å². The van der Waals surface area contributed by atoms with Gasteiger partial charge < -0.3 is 10.4 Å². The number of halogens is 2. The van der Waals surface area contributed by atoms with Crippen LogP contribution in [-0.2, 0) is 13.0 Å². The molecule has 0 aliphatic rings. The zero-order valence-electron chi connectivity index (χ0n) is 10.4. The van der Waals surface area contributed by atoms with Crippen molar-refractivity contribution in [2.24, 2.45) is 0 Å². The van der Waals surface area contributed by atoms with E-state index in [1.165, 1.54) is 6.07 Å². The van der Waals surface area contributed by atoms with E-state index in [-0.39, 0.29) is 5.75 Å². The molecule has 0 bridgehead atoms. The summed E-state index contributed by atoms with van der Waals surface area (Å²) in [5.74, 6) is -0.603. The van der Waals surface area contributed by atoms with Crippen LogP contribution in [0.25, 0.3) is 0 Å². The highest BCUT2D eigenvalue weighted by molar-refractivity contribution is 5.26. The van der Waals surface area contributed by atoms with Crippen molar-refractivity contribution in [3.63, 3.8) is 0 Å².